The topological polar surface area (TPSA) is 3.24 Å². The van der Waals surface area contributed by atoms with Crippen LogP contribution in [0.15, 0.2) is 30.3 Å². The summed E-state index contributed by atoms with van der Waals surface area (Å²) in [6, 6.07) is 11.1. The molecule has 0 saturated heterocycles. The van der Waals surface area contributed by atoms with E-state index in [1.807, 2.05) is 0 Å². The molecule has 0 aromatic heterocycles. The Balaban J connectivity index is 2.79. The predicted octanol–water partition coefficient (Wildman–Crippen LogP) is 6.17. The van der Waals surface area contributed by atoms with Crippen LogP contribution in [0.5, 0.6) is 0 Å². The first-order valence-corrected chi connectivity index (χ1v) is 8.07. The zero-order valence-electron chi connectivity index (χ0n) is 15.3. The summed E-state index contributed by atoms with van der Waals surface area (Å²) in [5.41, 5.74) is 9.37. The Morgan fingerprint density at radius 2 is 1.09 bits per heavy atom. The minimum absolute atomic E-state index is 0.0155. The van der Waals surface area contributed by atoms with Crippen LogP contribution < -0.4 is 4.90 Å². The van der Waals surface area contributed by atoms with E-state index in [0.717, 1.165) is 0 Å². The van der Waals surface area contributed by atoms with Crippen molar-refractivity contribution in [3.05, 3.63) is 58.1 Å². The first-order chi connectivity index (χ1) is 10.1. The summed E-state index contributed by atoms with van der Waals surface area (Å²) in [5.74, 6) is 0. The maximum atomic E-state index is 2.52. The van der Waals surface area contributed by atoms with E-state index in [-0.39, 0.29) is 5.54 Å². The molecule has 0 aliphatic carbocycles. The quantitative estimate of drug-likeness (QED) is 0.640. The molecular weight excluding hydrogens is 266 g/mol. The molecule has 0 fully saturated rings. The van der Waals surface area contributed by atoms with Gasteiger partial charge in [-0.2, -0.15) is 0 Å². The van der Waals surface area contributed by atoms with Crippen molar-refractivity contribution in [1.29, 1.82) is 0 Å². The number of aryl methyl sites for hydroxylation is 5. The molecule has 0 spiro atoms. The minimum atomic E-state index is 0.0155. The zero-order chi connectivity index (χ0) is 16.7. The van der Waals surface area contributed by atoms with Gasteiger partial charge in [0.25, 0.3) is 0 Å². The van der Waals surface area contributed by atoms with Gasteiger partial charge in [-0.15, -0.1) is 0 Å². The van der Waals surface area contributed by atoms with Crippen LogP contribution >= 0.6 is 0 Å². The van der Waals surface area contributed by atoms with Crippen molar-refractivity contribution in [2.24, 2.45) is 0 Å². The maximum Gasteiger partial charge on any atom is 0.0475 e. The van der Waals surface area contributed by atoms with Crippen LogP contribution in [0, 0.1) is 34.6 Å². The van der Waals surface area contributed by atoms with E-state index in [0.29, 0.717) is 0 Å². The molecule has 0 aliphatic heterocycles. The fraction of sp³-hybridized carbons (Fsp3) is 0.429. The van der Waals surface area contributed by atoms with Gasteiger partial charge in [0.1, 0.15) is 0 Å². The summed E-state index contributed by atoms with van der Waals surface area (Å²) in [5, 5.41) is 0. The van der Waals surface area contributed by atoms with Crippen LogP contribution in [0.4, 0.5) is 11.4 Å². The van der Waals surface area contributed by atoms with Crippen LogP contribution in [0.3, 0.4) is 0 Å². The van der Waals surface area contributed by atoms with E-state index in [1.54, 1.807) is 0 Å². The largest absolute Gasteiger partial charge is 0.335 e. The van der Waals surface area contributed by atoms with Gasteiger partial charge in [-0.3, -0.25) is 0 Å². The molecule has 2 aromatic rings. The lowest BCUT2D eigenvalue weighted by molar-refractivity contribution is 0.556. The maximum absolute atomic E-state index is 2.52. The fourth-order valence-electron chi connectivity index (χ4n) is 3.47. The Bertz CT molecular complexity index is 646. The van der Waals surface area contributed by atoms with Gasteiger partial charge >= 0.3 is 0 Å². The van der Waals surface area contributed by atoms with Crippen molar-refractivity contribution in [2.75, 3.05) is 4.90 Å². The molecule has 0 radical (unpaired) electrons. The molecule has 2 rings (SSSR count). The van der Waals surface area contributed by atoms with Gasteiger partial charge in [-0.25, -0.2) is 0 Å². The number of nitrogens with zero attached hydrogens (tertiary/aromatic N) is 1. The highest BCUT2D eigenvalue weighted by molar-refractivity contribution is 5.75. The smallest absolute Gasteiger partial charge is 0.0475 e. The van der Waals surface area contributed by atoms with Gasteiger partial charge in [0.2, 0.25) is 0 Å². The average molecular weight is 295 g/mol. The first kappa shape index (κ1) is 16.6. The van der Waals surface area contributed by atoms with Gasteiger partial charge < -0.3 is 4.90 Å². The Morgan fingerprint density at radius 1 is 0.682 bits per heavy atom. The summed E-state index contributed by atoms with van der Waals surface area (Å²) < 4.78 is 0. The number of benzene rings is 2. The molecule has 0 unspecified atom stereocenters. The Kier molecular flexibility index (Phi) is 4.37. The van der Waals surface area contributed by atoms with Crippen molar-refractivity contribution >= 4 is 11.4 Å². The molecule has 0 aliphatic rings. The highest BCUT2D eigenvalue weighted by Gasteiger charge is 2.28. The molecule has 0 atom stereocenters. The van der Waals surface area contributed by atoms with Crippen LogP contribution in [0.1, 0.15) is 48.6 Å². The summed E-state index contributed by atoms with van der Waals surface area (Å²) >= 11 is 0. The van der Waals surface area contributed by atoms with Crippen molar-refractivity contribution in [1.82, 2.24) is 0 Å². The van der Waals surface area contributed by atoms with E-state index in [1.165, 1.54) is 39.2 Å². The van der Waals surface area contributed by atoms with Gasteiger partial charge in [0, 0.05) is 16.9 Å². The Morgan fingerprint density at radius 3 is 1.50 bits per heavy atom. The van der Waals surface area contributed by atoms with E-state index in [2.05, 4.69) is 90.6 Å². The third-order valence-electron chi connectivity index (χ3n) is 4.19. The van der Waals surface area contributed by atoms with Crippen LogP contribution in [-0.2, 0) is 0 Å². The SMILES string of the molecule is Cc1cc(C)c(N(c2c(C)cccc2C)C(C)(C)C)c(C)c1. The summed E-state index contributed by atoms with van der Waals surface area (Å²) in [6.45, 7) is 17.9. The lowest BCUT2D eigenvalue weighted by Crippen LogP contribution is -2.39. The molecule has 0 amide bonds. The second kappa shape index (κ2) is 5.79. The molecule has 0 heterocycles. The van der Waals surface area contributed by atoms with Crippen LogP contribution in [0.2, 0.25) is 0 Å². The number of anilines is 2. The number of rotatable bonds is 2. The number of para-hydroxylation sites is 1. The third-order valence-corrected chi connectivity index (χ3v) is 4.19. The van der Waals surface area contributed by atoms with Crippen molar-refractivity contribution < 1.29 is 0 Å². The molecule has 0 saturated carbocycles. The molecule has 1 nitrogen and oxygen atoms in total. The molecule has 22 heavy (non-hydrogen) atoms. The van der Waals surface area contributed by atoms with Gasteiger partial charge in [0.15, 0.2) is 0 Å². The Labute approximate surface area is 136 Å². The average Bonchev–Trinajstić information content (AvgIpc) is 2.34. The van der Waals surface area contributed by atoms with Crippen molar-refractivity contribution in [3.8, 4) is 0 Å². The van der Waals surface area contributed by atoms with Gasteiger partial charge in [0.05, 0.1) is 0 Å². The van der Waals surface area contributed by atoms with Crippen molar-refractivity contribution in [3.63, 3.8) is 0 Å². The second-order valence-electron chi connectivity index (χ2n) is 7.49. The summed E-state index contributed by atoms with van der Waals surface area (Å²) in [6.07, 6.45) is 0. The highest BCUT2D eigenvalue weighted by Crippen LogP contribution is 2.41. The molecular formula is C21H29N. The third kappa shape index (κ3) is 3.04. The van der Waals surface area contributed by atoms with Crippen LogP contribution in [-0.4, -0.2) is 5.54 Å². The second-order valence-corrected chi connectivity index (χ2v) is 7.49. The van der Waals surface area contributed by atoms with Gasteiger partial charge in [-0.1, -0.05) is 35.9 Å². The molecule has 0 N–H and O–H groups in total. The molecule has 118 valence electrons. The van der Waals surface area contributed by atoms with Gasteiger partial charge in [-0.05, 0) is 77.6 Å². The molecule has 1 heteroatoms. The Hall–Kier alpha value is -1.76. The minimum Gasteiger partial charge on any atom is -0.335 e. The predicted molar refractivity (Wildman–Crippen MR) is 98.5 cm³/mol. The van der Waals surface area contributed by atoms with E-state index in [4.69, 9.17) is 0 Å². The first-order valence-electron chi connectivity index (χ1n) is 8.07. The zero-order valence-corrected chi connectivity index (χ0v) is 15.3. The highest BCUT2D eigenvalue weighted by atomic mass is 15.2. The summed E-state index contributed by atoms with van der Waals surface area (Å²) in [4.78, 5) is 2.52. The normalized spacial score (nSPS) is 11.6. The lowest BCUT2D eigenvalue weighted by Gasteiger charge is -2.41. The lowest BCUT2D eigenvalue weighted by atomic mass is 9.95. The number of hydrogen-bond donors (Lipinski definition) is 0. The van der Waals surface area contributed by atoms with E-state index in [9.17, 15) is 0 Å². The fourth-order valence-corrected chi connectivity index (χ4v) is 3.47. The molecule has 2 aromatic carbocycles. The van der Waals surface area contributed by atoms with Crippen LogP contribution in [0.25, 0.3) is 0 Å². The monoisotopic (exact) mass is 295 g/mol. The number of hydrogen-bond acceptors (Lipinski definition) is 1. The standard InChI is InChI=1S/C21H29N/c1-14-12-17(4)20(18(5)13-14)22(21(6,7)8)19-15(2)10-9-11-16(19)3/h9-13H,1-8H3. The van der Waals surface area contributed by atoms with E-state index < -0.39 is 0 Å². The molecule has 0 bridgehead atoms. The van der Waals surface area contributed by atoms with E-state index >= 15 is 0 Å². The van der Waals surface area contributed by atoms with Crippen molar-refractivity contribution in [2.45, 2.75) is 60.9 Å². The summed E-state index contributed by atoms with van der Waals surface area (Å²) in [7, 11) is 0.